The van der Waals surface area contributed by atoms with Crippen LogP contribution in [0.2, 0.25) is 0 Å². The van der Waals surface area contributed by atoms with E-state index >= 15 is 0 Å². The Labute approximate surface area is 97.8 Å². The van der Waals surface area contributed by atoms with E-state index in [-0.39, 0.29) is 5.56 Å². The molecule has 92 valence electrons. The molecule has 0 saturated carbocycles. The number of nitro groups is 1. The van der Waals surface area contributed by atoms with Crippen molar-refractivity contribution < 1.29 is 14.1 Å². The first-order valence-corrected chi connectivity index (χ1v) is 4.96. The Balaban J connectivity index is 3.06. The predicted molar refractivity (Wildman–Crippen MR) is 60.3 cm³/mol. The van der Waals surface area contributed by atoms with Crippen LogP contribution in [0.15, 0.2) is 18.2 Å². The molecule has 0 atom stereocenters. The fraction of sp³-hybridized carbons (Fsp3) is 0.364. The van der Waals surface area contributed by atoms with Crippen molar-refractivity contribution in [2.75, 3.05) is 0 Å². The van der Waals surface area contributed by atoms with Crippen molar-refractivity contribution >= 4 is 11.6 Å². The second kappa shape index (κ2) is 4.48. The summed E-state index contributed by atoms with van der Waals surface area (Å²) in [4.78, 5) is 21.5. The summed E-state index contributed by atoms with van der Waals surface area (Å²) in [5.74, 6) is -1.35. The minimum absolute atomic E-state index is 0.0633. The maximum atomic E-state index is 13.1. The maximum Gasteiger partial charge on any atom is 0.273 e. The standard InChI is InChI=1S/C11H13FN2O3/c1-11(2,3)13-10(15)7-4-8(12)6-9(5-7)14(16)17/h4-6H,1-3H3,(H,13,15). The first-order valence-electron chi connectivity index (χ1n) is 4.96. The van der Waals surface area contributed by atoms with E-state index in [0.717, 1.165) is 18.2 Å². The number of nitrogens with one attached hydrogen (secondary N) is 1. The summed E-state index contributed by atoms with van der Waals surface area (Å²) in [5.41, 5.74) is -0.992. The van der Waals surface area contributed by atoms with Gasteiger partial charge < -0.3 is 5.32 Å². The molecule has 6 heteroatoms. The summed E-state index contributed by atoms with van der Waals surface area (Å²) in [7, 11) is 0. The van der Waals surface area contributed by atoms with Crippen LogP contribution in [-0.4, -0.2) is 16.4 Å². The molecular weight excluding hydrogens is 227 g/mol. The Hall–Kier alpha value is -1.98. The van der Waals surface area contributed by atoms with Gasteiger partial charge in [-0.1, -0.05) is 0 Å². The highest BCUT2D eigenvalue weighted by atomic mass is 19.1. The smallest absolute Gasteiger partial charge is 0.273 e. The van der Waals surface area contributed by atoms with Gasteiger partial charge >= 0.3 is 0 Å². The molecule has 5 nitrogen and oxygen atoms in total. The normalized spacial score (nSPS) is 11.1. The van der Waals surface area contributed by atoms with Crippen molar-refractivity contribution in [3.8, 4) is 0 Å². The van der Waals surface area contributed by atoms with Crippen molar-refractivity contribution in [1.29, 1.82) is 0 Å². The van der Waals surface area contributed by atoms with Gasteiger partial charge in [0.05, 0.1) is 11.0 Å². The minimum atomic E-state index is -0.807. The molecule has 0 bridgehead atoms. The number of carbonyl (C=O) groups is 1. The van der Waals surface area contributed by atoms with E-state index in [4.69, 9.17) is 0 Å². The van der Waals surface area contributed by atoms with E-state index in [9.17, 15) is 19.3 Å². The molecule has 0 radical (unpaired) electrons. The van der Waals surface area contributed by atoms with Crippen LogP contribution < -0.4 is 5.32 Å². The lowest BCUT2D eigenvalue weighted by molar-refractivity contribution is -0.385. The Morgan fingerprint density at radius 2 is 1.94 bits per heavy atom. The summed E-state index contributed by atoms with van der Waals surface area (Å²) >= 11 is 0. The number of nitrogens with zero attached hydrogens (tertiary/aromatic N) is 1. The molecule has 0 aliphatic carbocycles. The maximum absolute atomic E-state index is 13.1. The average molecular weight is 240 g/mol. The lowest BCUT2D eigenvalue weighted by Gasteiger charge is -2.20. The molecule has 1 rings (SSSR count). The molecule has 1 N–H and O–H groups in total. The van der Waals surface area contributed by atoms with Gasteiger partial charge in [-0.15, -0.1) is 0 Å². The number of rotatable bonds is 2. The van der Waals surface area contributed by atoms with Gasteiger partial charge in [0, 0.05) is 17.2 Å². The first kappa shape index (κ1) is 13.1. The van der Waals surface area contributed by atoms with Crippen molar-refractivity contribution in [3.63, 3.8) is 0 Å². The molecular formula is C11H13FN2O3. The van der Waals surface area contributed by atoms with Crippen LogP contribution in [0.3, 0.4) is 0 Å². The predicted octanol–water partition coefficient (Wildman–Crippen LogP) is 2.26. The lowest BCUT2D eigenvalue weighted by Crippen LogP contribution is -2.40. The molecule has 0 aromatic heterocycles. The highest BCUT2D eigenvalue weighted by molar-refractivity contribution is 5.95. The Morgan fingerprint density at radius 3 is 2.41 bits per heavy atom. The van der Waals surface area contributed by atoms with Crippen LogP contribution in [0.1, 0.15) is 31.1 Å². The highest BCUT2D eigenvalue weighted by Crippen LogP contribution is 2.16. The van der Waals surface area contributed by atoms with Gasteiger partial charge in [-0.2, -0.15) is 0 Å². The van der Waals surface area contributed by atoms with E-state index < -0.39 is 27.9 Å². The minimum Gasteiger partial charge on any atom is -0.347 e. The Kier molecular flexibility index (Phi) is 3.45. The van der Waals surface area contributed by atoms with Gasteiger partial charge in [0.1, 0.15) is 5.82 Å². The van der Waals surface area contributed by atoms with E-state index in [2.05, 4.69) is 5.32 Å². The third-order valence-electron chi connectivity index (χ3n) is 1.84. The topological polar surface area (TPSA) is 72.2 Å². The number of hydrogen-bond donors (Lipinski definition) is 1. The number of hydrogen-bond acceptors (Lipinski definition) is 3. The van der Waals surface area contributed by atoms with Crippen LogP contribution in [0.5, 0.6) is 0 Å². The van der Waals surface area contributed by atoms with Crippen molar-refractivity contribution in [2.45, 2.75) is 26.3 Å². The molecule has 0 spiro atoms. The van der Waals surface area contributed by atoms with Gasteiger partial charge in [-0.3, -0.25) is 14.9 Å². The third-order valence-corrected chi connectivity index (χ3v) is 1.84. The zero-order valence-electron chi connectivity index (χ0n) is 9.78. The lowest BCUT2D eigenvalue weighted by atomic mass is 10.1. The second-order valence-corrected chi connectivity index (χ2v) is 4.66. The third kappa shape index (κ3) is 3.82. The van der Waals surface area contributed by atoms with Gasteiger partial charge in [0.15, 0.2) is 0 Å². The van der Waals surface area contributed by atoms with Crippen LogP contribution in [0.4, 0.5) is 10.1 Å². The molecule has 0 saturated heterocycles. The molecule has 1 aromatic carbocycles. The fourth-order valence-electron chi connectivity index (χ4n) is 1.22. The Morgan fingerprint density at radius 1 is 1.35 bits per heavy atom. The molecule has 0 unspecified atom stereocenters. The van der Waals surface area contributed by atoms with Crippen molar-refractivity contribution in [1.82, 2.24) is 5.32 Å². The zero-order chi connectivity index (χ0) is 13.2. The van der Waals surface area contributed by atoms with Crippen LogP contribution in [0.25, 0.3) is 0 Å². The average Bonchev–Trinajstić information content (AvgIpc) is 2.13. The number of amides is 1. The van der Waals surface area contributed by atoms with Gasteiger partial charge in [-0.25, -0.2) is 4.39 Å². The number of carbonyl (C=O) groups excluding carboxylic acids is 1. The monoisotopic (exact) mass is 240 g/mol. The van der Waals surface area contributed by atoms with Gasteiger partial charge in [-0.05, 0) is 26.8 Å². The molecule has 0 heterocycles. The number of non-ortho nitro benzene ring substituents is 1. The first-order chi connectivity index (χ1) is 7.69. The van der Waals surface area contributed by atoms with Crippen molar-refractivity contribution in [2.24, 2.45) is 0 Å². The summed E-state index contributed by atoms with van der Waals surface area (Å²) in [5, 5.41) is 13.1. The number of halogens is 1. The van der Waals surface area contributed by atoms with E-state index in [1.165, 1.54) is 0 Å². The number of benzene rings is 1. The largest absolute Gasteiger partial charge is 0.347 e. The molecule has 0 aliphatic rings. The molecule has 0 aliphatic heterocycles. The van der Waals surface area contributed by atoms with Crippen molar-refractivity contribution in [3.05, 3.63) is 39.7 Å². The van der Waals surface area contributed by atoms with Crippen LogP contribution in [0, 0.1) is 15.9 Å². The van der Waals surface area contributed by atoms with Crippen LogP contribution >= 0.6 is 0 Å². The Bertz CT molecular complexity index is 466. The van der Waals surface area contributed by atoms with E-state index in [1.807, 2.05) is 0 Å². The highest BCUT2D eigenvalue weighted by Gasteiger charge is 2.18. The summed E-state index contributed by atoms with van der Waals surface area (Å²) in [6.45, 7) is 5.29. The molecule has 1 aromatic rings. The summed E-state index contributed by atoms with van der Waals surface area (Å²) in [6, 6.07) is 2.78. The SMILES string of the molecule is CC(C)(C)NC(=O)c1cc(F)cc([N+](=O)[O-])c1. The quantitative estimate of drug-likeness (QED) is 0.636. The van der Waals surface area contributed by atoms with Gasteiger partial charge in [0.25, 0.3) is 11.6 Å². The summed E-state index contributed by atoms with van der Waals surface area (Å²) in [6.07, 6.45) is 0. The van der Waals surface area contributed by atoms with Crippen LogP contribution in [-0.2, 0) is 0 Å². The number of nitro benzene ring substituents is 1. The second-order valence-electron chi connectivity index (χ2n) is 4.66. The molecule has 0 fully saturated rings. The summed E-state index contributed by atoms with van der Waals surface area (Å²) < 4.78 is 13.1. The molecule has 17 heavy (non-hydrogen) atoms. The van der Waals surface area contributed by atoms with E-state index in [1.54, 1.807) is 20.8 Å². The molecule has 1 amide bonds. The van der Waals surface area contributed by atoms with E-state index in [0.29, 0.717) is 0 Å². The van der Waals surface area contributed by atoms with Gasteiger partial charge in [0.2, 0.25) is 0 Å². The fourth-order valence-corrected chi connectivity index (χ4v) is 1.22. The zero-order valence-corrected chi connectivity index (χ0v) is 9.78.